The second-order valence-electron chi connectivity index (χ2n) is 1.77. The maximum absolute atomic E-state index is 5.23. The molecular formula is C7H17ClSi. The summed E-state index contributed by atoms with van der Waals surface area (Å²) in [5.41, 5.74) is 0. The minimum Gasteiger partial charge on any atom is -0.126 e. The Morgan fingerprint density at radius 3 is 2.11 bits per heavy atom. The number of alkyl halides is 1. The largest absolute Gasteiger partial charge is 0.126 e. The van der Waals surface area contributed by atoms with Gasteiger partial charge in [0, 0.05) is 16.1 Å². The molecule has 0 aromatic rings. The van der Waals surface area contributed by atoms with Crippen molar-refractivity contribution in [2.24, 2.45) is 0 Å². The number of allylic oxidation sites excluding steroid dienone is 1. The standard InChI is InChI=1S/C4H7Cl.C3H10Si/c1-2-3-4-5;1-2-3-4/h2H,1,3-4H2;2-3H2,1,4H3. The van der Waals surface area contributed by atoms with Gasteiger partial charge in [-0.05, 0) is 6.42 Å². The monoisotopic (exact) mass is 164 g/mol. The molecule has 0 atom stereocenters. The van der Waals surface area contributed by atoms with E-state index in [1.807, 2.05) is 0 Å². The number of rotatable bonds is 3. The molecule has 0 rings (SSSR count). The maximum Gasteiger partial charge on any atom is 0.0257 e. The van der Waals surface area contributed by atoms with Crippen LogP contribution in [0.25, 0.3) is 0 Å². The number of hydrogen-bond acceptors (Lipinski definition) is 0. The molecule has 0 N–H and O–H groups in total. The molecule has 0 aromatic heterocycles. The van der Waals surface area contributed by atoms with Crippen molar-refractivity contribution in [3.8, 4) is 0 Å². The lowest BCUT2D eigenvalue weighted by molar-refractivity contribution is 1.08. The van der Waals surface area contributed by atoms with Gasteiger partial charge in [-0.2, -0.15) is 0 Å². The summed E-state index contributed by atoms with van der Waals surface area (Å²) in [6.45, 7) is 5.68. The van der Waals surface area contributed by atoms with Gasteiger partial charge in [0.15, 0.2) is 0 Å². The highest BCUT2D eigenvalue weighted by Gasteiger charge is 1.64. The Morgan fingerprint density at radius 1 is 1.67 bits per heavy atom. The van der Waals surface area contributed by atoms with Crippen LogP contribution < -0.4 is 0 Å². The van der Waals surface area contributed by atoms with Gasteiger partial charge in [-0.1, -0.05) is 25.5 Å². The first-order valence-electron chi connectivity index (χ1n) is 3.50. The van der Waals surface area contributed by atoms with Crippen LogP contribution in [-0.2, 0) is 0 Å². The topological polar surface area (TPSA) is 0 Å². The van der Waals surface area contributed by atoms with E-state index in [4.69, 9.17) is 11.6 Å². The molecular weight excluding hydrogens is 148 g/mol. The van der Waals surface area contributed by atoms with Gasteiger partial charge >= 0.3 is 0 Å². The highest BCUT2D eigenvalue weighted by Crippen LogP contribution is 1.80. The van der Waals surface area contributed by atoms with Crippen molar-refractivity contribution in [2.45, 2.75) is 25.8 Å². The van der Waals surface area contributed by atoms with Crippen LogP contribution in [0.15, 0.2) is 12.7 Å². The van der Waals surface area contributed by atoms with E-state index in [-0.39, 0.29) is 0 Å². The van der Waals surface area contributed by atoms with E-state index in [1.54, 1.807) is 6.08 Å². The molecule has 9 heavy (non-hydrogen) atoms. The molecule has 0 heterocycles. The van der Waals surface area contributed by atoms with Crippen molar-refractivity contribution in [3.63, 3.8) is 0 Å². The van der Waals surface area contributed by atoms with Crippen LogP contribution in [-0.4, -0.2) is 16.1 Å². The van der Waals surface area contributed by atoms with Gasteiger partial charge in [-0.25, -0.2) is 0 Å². The molecule has 0 aromatic carbocycles. The third-order valence-electron chi connectivity index (χ3n) is 0.813. The molecule has 0 radical (unpaired) electrons. The van der Waals surface area contributed by atoms with Crippen LogP contribution in [0, 0.1) is 0 Å². The summed E-state index contributed by atoms with van der Waals surface area (Å²) in [5.74, 6) is 0.698. The molecule has 0 unspecified atom stereocenters. The second-order valence-corrected chi connectivity index (χ2v) is 3.14. The zero-order chi connectivity index (χ0) is 7.54. The van der Waals surface area contributed by atoms with Crippen molar-refractivity contribution < 1.29 is 0 Å². The van der Waals surface area contributed by atoms with Crippen LogP contribution in [0.5, 0.6) is 0 Å². The van der Waals surface area contributed by atoms with Crippen LogP contribution in [0.1, 0.15) is 19.8 Å². The normalized spacial score (nSPS) is 7.78. The zero-order valence-corrected chi connectivity index (χ0v) is 9.25. The summed E-state index contributed by atoms with van der Waals surface area (Å²) < 4.78 is 0. The lowest BCUT2D eigenvalue weighted by atomic mass is 10.5. The van der Waals surface area contributed by atoms with Gasteiger partial charge in [-0.15, -0.1) is 18.2 Å². The molecule has 0 aliphatic heterocycles. The molecule has 0 fully saturated rings. The molecule has 56 valence electrons. The quantitative estimate of drug-likeness (QED) is 0.340. The van der Waals surface area contributed by atoms with E-state index in [2.05, 4.69) is 13.5 Å². The van der Waals surface area contributed by atoms with Gasteiger partial charge in [0.05, 0.1) is 0 Å². The fourth-order valence-corrected chi connectivity index (χ4v) is 0.231. The molecule has 0 spiro atoms. The molecule has 0 nitrogen and oxygen atoms in total. The van der Waals surface area contributed by atoms with Crippen LogP contribution in [0.3, 0.4) is 0 Å². The predicted molar refractivity (Wildman–Crippen MR) is 50.6 cm³/mol. The maximum atomic E-state index is 5.23. The van der Waals surface area contributed by atoms with Crippen LogP contribution in [0.2, 0.25) is 6.04 Å². The van der Waals surface area contributed by atoms with E-state index in [0.717, 1.165) is 6.42 Å². The Morgan fingerprint density at radius 2 is 2.11 bits per heavy atom. The zero-order valence-electron chi connectivity index (χ0n) is 6.49. The fraction of sp³-hybridized carbons (Fsp3) is 0.714. The fourth-order valence-electron chi connectivity index (χ4n) is 0.0772. The molecule has 0 aliphatic rings. The Bertz CT molecular complexity index is 44.2. The third kappa shape index (κ3) is 30.5. The Labute approximate surface area is 66.7 Å². The summed E-state index contributed by atoms with van der Waals surface area (Å²) >= 11 is 5.23. The van der Waals surface area contributed by atoms with Crippen molar-refractivity contribution >= 4 is 21.8 Å². The lowest BCUT2D eigenvalue weighted by Crippen LogP contribution is -1.59. The summed E-state index contributed by atoms with van der Waals surface area (Å²) in [5, 5.41) is 0. The average Bonchev–Trinajstić information content (AvgIpc) is 1.91. The number of halogens is 1. The van der Waals surface area contributed by atoms with E-state index < -0.39 is 0 Å². The third-order valence-corrected chi connectivity index (χ3v) is 2.03. The molecule has 2 heteroatoms. The van der Waals surface area contributed by atoms with Crippen molar-refractivity contribution in [2.75, 3.05) is 5.88 Å². The smallest absolute Gasteiger partial charge is 0.0257 e. The van der Waals surface area contributed by atoms with E-state index >= 15 is 0 Å². The number of hydrogen-bond donors (Lipinski definition) is 0. The van der Waals surface area contributed by atoms with Crippen molar-refractivity contribution in [1.29, 1.82) is 0 Å². The summed E-state index contributed by atoms with van der Waals surface area (Å²) in [4.78, 5) is 0. The highest BCUT2D eigenvalue weighted by molar-refractivity contribution is 6.17. The van der Waals surface area contributed by atoms with Crippen molar-refractivity contribution in [3.05, 3.63) is 12.7 Å². The molecule has 0 aliphatic carbocycles. The highest BCUT2D eigenvalue weighted by atomic mass is 35.5. The molecule has 0 amide bonds. The van der Waals surface area contributed by atoms with Gasteiger partial charge in [0.2, 0.25) is 0 Å². The predicted octanol–water partition coefficient (Wildman–Crippen LogP) is 1.98. The van der Waals surface area contributed by atoms with E-state index in [0.29, 0.717) is 5.88 Å². The molecule has 0 bridgehead atoms. The lowest BCUT2D eigenvalue weighted by Gasteiger charge is -1.70. The SMILES string of the molecule is C=CCCCl.CCC[SiH3]. The van der Waals surface area contributed by atoms with E-state index in [9.17, 15) is 0 Å². The van der Waals surface area contributed by atoms with Gasteiger partial charge in [0.25, 0.3) is 0 Å². The van der Waals surface area contributed by atoms with Gasteiger partial charge in [-0.3, -0.25) is 0 Å². The molecule has 0 saturated carbocycles. The second kappa shape index (κ2) is 15.7. The Hall–Kier alpha value is 0.247. The first-order chi connectivity index (χ1) is 4.33. The average molecular weight is 165 g/mol. The van der Waals surface area contributed by atoms with Crippen LogP contribution >= 0.6 is 11.6 Å². The van der Waals surface area contributed by atoms with Crippen molar-refractivity contribution in [1.82, 2.24) is 0 Å². The molecule has 0 saturated heterocycles. The summed E-state index contributed by atoms with van der Waals surface area (Å²) in [6, 6.07) is 1.46. The first kappa shape index (κ1) is 12.0. The van der Waals surface area contributed by atoms with E-state index in [1.165, 1.54) is 22.7 Å². The minimum atomic E-state index is 0.698. The Balaban J connectivity index is 0. The summed E-state index contributed by atoms with van der Waals surface area (Å²) in [7, 11) is 1.39. The first-order valence-corrected chi connectivity index (χ1v) is 5.45. The minimum absolute atomic E-state index is 0.698. The van der Waals surface area contributed by atoms with Crippen LogP contribution in [0.4, 0.5) is 0 Å². The Kier molecular flexibility index (Phi) is 20.9. The summed E-state index contributed by atoms with van der Waals surface area (Å²) in [6.07, 6.45) is 4.10. The van der Waals surface area contributed by atoms with Gasteiger partial charge in [0.1, 0.15) is 0 Å². The van der Waals surface area contributed by atoms with Gasteiger partial charge < -0.3 is 0 Å².